The SMILES string of the molecule is CCCNC(=O)C[C@@H](C(=O)N1CCn2c(nc(-c3cccc(F)c3)c2Nc2ccc(Cl)c(F)c2)C1)N(C(=O)O)C(C)(C)C. The molecule has 2 heterocycles. The number of hydrogen-bond acceptors (Lipinski definition) is 5. The Bertz CT molecular complexity index is 1520. The average Bonchev–Trinajstić information content (AvgIpc) is 3.29. The second-order valence-corrected chi connectivity index (χ2v) is 11.7. The topological polar surface area (TPSA) is 120 Å². The summed E-state index contributed by atoms with van der Waals surface area (Å²) in [6.07, 6.45) is -0.965. The molecular formula is C30H35ClF2N6O4. The summed E-state index contributed by atoms with van der Waals surface area (Å²) in [7, 11) is 0. The predicted molar refractivity (Wildman–Crippen MR) is 159 cm³/mol. The Morgan fingerprint density at radius 3 is 2.51 bits per heavy atom. The van der Waals surface area contributed by atoms with Gasteiger partial charge in [0.15, 0.2) is 0 Å². The zero-order chi connectivity index (χ0) is 31.5. The fourth-order valence-corrected chi connectivity index (χ4v) is 5.21. The Morgan fingerprint density at radius 1 is 1.14 bits per heavy atom. The first kappa shape index (κ1) is 31.7. The summed E-state index contributed by atoms with van der Waals surface area (Å²) >= 11 is 5.86. The maximum Gasteiger partial charge on any atom is 0.408 e. The van der Waals surface area contributed by atoms with E-state index in [0.717, 1.165) is 4.90 Å². The van der Waals surface area contributed by atoms with E-state index < -0.39 is 41.1 Å². The third-order valence-corrected chi connectivity index (χ3v) is 7.35. The van der Waals surface area contributed by atoms with E-state index in [4.69, 9.17) is 16.6 Å². The average molecular weight is 617 g/mol. The van der Waals surface area contributed by atoms with E-state index in [1.54, 1.807) is 39.0 Å². The Morgan fingerprint density at radius 2 is 1.88 bits per heavy atom. The first-order valence-electron chi connectivity index (χ1n) is 13.9. The van der Waals surface area contributed by atoms with Crippen molar-refractivity contribution in [1.82, 2.24) is 24.7 Å². The van der Waals surface area contributed by atoms with Gasteiger partial charge in [0.05, 0.1) is 18.0 Å². The lowest BCUT2D eigenvalue weighted by Crippen LogP contribution is -2.59. The lowest BCUT2D eigenvalue weighted by Gasteiger charge is -2.41. The van der Waals surface area contributed by atoms with Gasteiger partial charge in [0.1, 0.15) is 35.0 Å². The number of carbonyl (C=O) groups excluding carboxylic acids is 2. The fourth-order valence-electron chi connectivity index (χ4n) is 5.09. The molecule has 4 rings (SSSR count). The number of imidazole rings is 1. The number of nitrogens with one attached hydrogen (secondary N) is 2. The van der Waals surface area contributed by atoms with Gasteiger partial charge in [-0.25, -0.2) is 18.6 Å². The van der Waals surface area contributed by atoms with Crippen LogP contribution in [0.5, 0.6) is 0 Å². The summed E-state index contributed by atoms with van der Waals surface area (Å²) in [6, 6.07) is 8.84. The number of carboxylic acid groups (broad SMARTS) is 1. The minimum atomic E-state index is -1.32. The second-order valence-electron chi connectivity index (χ2n) is 11.3. The molecule has 0 radical (unpaired) electrons. The van der Waals surface area contributed by atoms with Crippen LogP contribution in [-0.2, 0) is 22.7 Å². The van der Waals surface area contributed by atoms with Crippen LogP contribution in [-0.4, -0.2) is 67.0 Å². The summed E-state index contributed by atoms with van der Waals surface area (Å²) in [4.78, 5) is 46.2. The molecule has 3 N–H and O–H groups in total. The molecule has 0 bridgehead atoms. The zero-order valence-corrected chi connectivity index (χ0v) is 25.2. The number of carbonyl (C=O) groups is 3. The molecule has 0 aliphatic carbocycles. The highest BCUT2D eigenvalue weighted by Gasteiger charge is 2.41. The molecule has 13 heteroatoms. The number of rotatable bonds is 9. The van der Waals surface area contributed by atoms with Crippen molar-refractivity contribution in [3.05, 3.63) is 64.9 Å². The fraction of sp³-hybridized carbons (Fsp3) is 0.400. The number of fused-ring (bicyclic) bond motifs is 1. The van der Waals surface area contributed by atoms with Crippen LogP contribution in [0.3, 0.4) is 0 Å². The molecule has 3 amide bonds. The van der Waals surface area contributed by atoms with Gasteiger partial charge in [-0.05, 0) is 57.5 Å². The lowest BCUT2D eigenvalue weighted by atomic mass is 10.00. The van der Waals surface area contributed by atoms with Gasteiger partial charge < -0.3 is 25.2 Å². The highest BCUT2D eigenvalue weighted by molar-refractivity contribution is 6.30. The Hall–Kier alpha value is -4.19. The standard InChI is InChI=1S/C30H35ClF2N6O4/c1-5-11-34-25(40)16-23(39(29(42)43)30(2,3)4)28(41)37-12-13-38-24(17-37)36-26(18-7-6-8-19(32)14-18)27(38)35-20-9-10-21(31)22(33)15-20/h6-10,14-15,23,35H,5,11-13,16-17H2,1-4H3,(H,34,40)(H,42,43)/t23-/m0/s1. The molecule has 0 saturated carbocycles. The quantitative estimate of drug-likeness (QED) is 0.287. The number of amides is 3. The van der Waals surface area contributed by atoms with Crippen LogP contribution in [0.4, 0.5) is 25.1 Å². The molecule has 0 saturated heterocycles. The van der Waals surface area contributed by atoms with Crippen molar-refractivity contribution in [3.63, 3.8) is 0 Å². The molecule has 0 unspecified atom stereocenters. The van der Waals surface area contributed by atoms with Crippen molar-refractivity contribution < 1.29 is 28.3 Å². The number of benzene rings is 2. The second kappa shape index (κ2) is 13.0. The van der Waals surface area contributed by atoms with E-state index in [-0.39, 0.29) is 31.1 Å². The van der Waals surface area contributed by atoms with E-state index in [2.05, 4.69) is 10.6 Å². The Balaban J connectivity index is 1.71. The molecule has 1 aromatic heterocycles. The van der Waals surface area contributed by atoms with Crippen molar-refractivity contribution in [2.75, 3.05) is 18.4 Å². The van der Waals surface area contributed by atoms with E-state index in [1.807, 2.05) is 11.5 Å². The minimum Gasteiger partial charge on any atom is -0.465 e. The van der Waals surface area contributed by atoms with Gasteiger partial charge in [-0.1, -0.05) is 30.7 Å². The molecule has 0 fully saturated rings. The Kier molecular flexibility index (Phi) is 9.59. The van der Waals surface area contributed by atoms with Crippen LogP contribution in [0.15, 0.2) is 42.5 Å². The zero-order valence-electron chi connectivity index (χ0n) is 24.5. The number of hydrogen-bond donors (Lipinski definition) is 3. The summed E-state index contributed by atoms with van der Waals surface area (Å²) in [6.45, 7) is 7.72. The summed E-state index contributed by atoms with van der Waals surface area (Å²) in [5.74, 6) is -1.13. The normalized spacial score (nSPS) is 13.7. The van der Waals surface area contributed by atoms with E-state index >= 15 is 0 Å². The molecule has 1 atom stereocenters. The monoisotopic (exact) mass is 616 g/mol. The van der Waals surface area contributed by atoms with Crippen molar-refractivity contribution in [2.24, 2.45) is 0 Å². The van der Waals surface area contributed by atoms with Crippen LogP contribution in [0.25, 0.3) is 11.3 Å². The maximum atomic E-state index is 14.2. The molecule has 10 nitrogen and oxygen atoms in total. The number of aromatic nitrogens is 2. The van der Waals surface area contributed by atoms with Crippen molar-refractivity contribution in [1.29, 1.82) is 0 Å². The summed E-state index contributed by atoms with van der Waals surface area (Å²) in [5.41, 5.74) is 0.269. The maximum absolute atomic E-state index is 14.2. The largest absolute Gasteiger partial charge is 0.465 e. The first-order chi connectivity index (χ1) is 20.3. The molecule has 1 aliphatic rings. The van der Waals surface area contributed by atoms with Crippen LogP contribution >= 0.6 is 11.6 Å². The molecule has 0 spiro atoms. The van der Waals surface area contributed by atoms with Gasteiger partial charge in [0.2, 0.25) is 11.8 Å². The van der Waals surface area contributed by atoms with Gasteiger partial charge in [0.25, 0.3) is 0 Å². The van der Waals surface area contributed by atoms with E-state index in [9.17, 15) is 28.3 Å². The summed E-state index contributed by atoms with van der Waals surface area (Å²) < 4.78 is 30.3. The predicted octanol–water partition coefficient (Wildman–Crippen LogP) is 5.63. The van der Waals surface area contributed by atoms with Crippen molar-refractivity contribution >= 4 is 41.0 Å². The van der Waals surface area contributed by atoms with Gasteiger partial charge in [-0.2, -0.15) is 0 Å². The van der Waals surface area contributed by atoms with E-state index in [0.29, 0.717) is 41.6 Å². The van der Waals surface area contributed by atoms with Crippen LogP contribution in [0.2, 0.25) is 5.02 Å². The van der Waals surface area contributed by atoms with Crippen molar-refractivity contribution in [3.8, 4) is 11.3 Å². The van der Waals surface area contributed by atoms with Crippen molar-refractivity contribution in [2.45, 2.75) is 65.2 Å². The molecular weight excluding hydrogens is 582 g/mol. The highest BCUT2D eigenvalue weighted by Crippen LogP contribution is 2.34. The molecule has 230 valence electrons. The van der Waals surface area contributed by atoms with Gasteiger partial charge in [0, 0.05) is 36.4 Å². The number of anilines is 2. The minimum absolute atomic E-state index is 0.00247. The third kappa shape index (κ3) is 7.24. The molecule has 1 aliphatic heterocycles. The number of nitrogens with zero attached hydrogens (tertiary/aromatic N) is 4. The van der Waals surface area contributed by atoms with Crippen LogP contribution in [0.1, 0.15) is 46.4 Å². The summed E-state index contributed by atoms with van der Waals surface area (Å²) in [5, 5.41) is 15.9. The van der Waals surface area contributed by atoms with Crippen LogP contribution in [0, 0.1) is 11.6 Å². The van der Waals surface area contributed by atoms with Gasteiger partial charge in [-0.3, -0.25) is 14.5 Å². The molecule has 2 aromatic carbocycles. The highest BCUT2D eigenvalue weighted by atomic mass is 35.5. The third-order valence-electron chi connectivity index (χ3n) is 7.04. The molecule has 43 heavy (non-hydrogen) atoms. The van der Waals surface area contributed by atoms with E-state index in [1.165, 1.54) is 29.2 Å². The lowest BCUT2D eigenvalue weighted by molar-refractivity contribution is -0.142. The molecule has 3 aromatic rings. The van der Waals surface area contributed by atoms with Gasteiger partial charge in [-0.15, -0.1) is 0 Å². The first-order valence-corrected chi connectivity index (χ1v) is 14.3. The Labute approximate surface area is 253 Å². The van der Waals surface area contributed by atoms with Gasteiger partial charge >= 0.3 is 6.09 Å². The van der Waals surface area contributed by atoms with Crippen LogP contribution < -0.4 is 10.6 Å². The smallest absolute Gasteiger partial charge is 0.408 e. The number of halogens is 3.